The van der Waals surface area contributed by atoms with Crippen LogP contribution in [0.1, 0.15) is 23.1 Å². The number of hydrogen-bond acceptors (Lipinski definition) is 5. The molecule has 0 unspecified atom stereocenters. The Balaban J connectivity index is 1.73. The number of aryl methyl sites for hydroxylation is 1. The number of oxazole rings is 1. The van der Waals surface area contributed by atoms with Crippen LogP contribution >= 0.6 is 0 Å². The number of amides is 1. The van der Waals surface area contributed by atoms with Crippen molar-refractivity contribution in [3.63, 3.8) is 0 Å². The van der Waals surface area contributed by atoms with Gasteiger partial charge in [0.25, 0.3) is 5.89 Å². The number of carboxylic acid groups (broad SMARTS) is 1. The van der Waals surface area contributed by atoms with Gasteiger partial charge in [-0.3, -0.25) is 4.79 Å². The summed E-state index contributed by atoms with van der Waals surface area (Å²) in [6, 6.07) is 10.8. The van der Waals surface area contributed by atoms with Gasteiger partial charge in [0.15, 0.2) is 11.8 Å². The van der Waals surface area contributed by atoms with Gasteiger partial charge < -0.3 is 19.3 Å². The molecule has 3 rings (SSSR count). The fourth-order valence-corrected chi connectivity index (χ4v) is 2.39. The van der Waals surface area contributed by atoms with Crippen molar-refractivity contribution in [2.45, 2.75) is 19.4 Å². The zero-order chi connectivity index (χ0) is 17.8. The van der Waals surface area contributed by atoms with E-state index in [-0.39, 0.29) is 12.3 Å². The van der Waals surface area contributed by atoms with E-state index in [0.717, 1.165) is 0 Å². The number of benzene rings is 1. The standard InChI is InChI=1S/C18H16N2O5/c1-11-13(19-17(25-11)14-8-5-9-24-14)10-15(21)20-16(18(22)23)12-6-3-2-4-7-12/h2-9,16H,10H2,1H3,(H,20,21)(H,22,23)/t16-/m1/s1. The lowest BCUT2D eigenvalue weighted by molar-refractivity contribution is -0.142. The van der Waals surface area contributed by atoms with Crippen LogP contribution in [0, 0.1) is 6.92 Å². The summed E-state index contributed by atoms with van der Waals surface area (Å²) in [4.78, 5) is 28.0. The zero-order valence-corrected chi connectivity index (χ0v) is 13.4. The highest BCUT2D eigenvalue weighted by molar-refractivity contribution is 5.85. The highest BCUT2D eigenvalue weighted by Gasteiger charge is 2.23. The number of hydrogen-bond donors (Lipinski definition) is 2. The molecule has 7 nitrogen and oxygen atoms in total. The van der Waals surface area contributed by atoms with Crippen molar-refractivity contribution in [3.05, 3.63) is 65.7 Å². The quantitative estimate of drug-likeness (QED) is 0.715. The zero-order valence-electron chi connectivity index (χ0n) is 13.4. The molecule has 25 heavy (non-hydrogen) atoms. The van der Waals surface area contributed by atoms with E-state index in [1.165, 1.54) is 6.26 Å². The van der Waals surface area contributed by atoms with Gasteiger partial charge in [0.1, 0.15) is 5.76 Å². The van der Waals surface area contributed by atoms with Gasteiger partial charge in [0.05, 0.1) is 18.4 Å². The molecule has 1 aromatic carbocycles. The van der Waals surface area contributed by atoms with Crippen LogP contribution in [0.4, 0.5) is 0 Å². The third kappa shape index (κ3) is 3.77. The number of furan rings is 1. The normalized spacial score (nSPS) is 11.9. The van der Waals surface area contributed by atoms with Crippen LogP contribution in [0.3, 0.4) is 0 Å². The summed E-state index contributed by atoms with van der Waals surface area (Å²) in [5.74, 6) is -0.370. The maximum atomic E-state index is 12.3. The summed E-state index contributed by atoms with van der Waals surface area (Å²) >= 11 is 0. The van der Waals surface area contributed by atoms with Gasteiger partial charge in [-0.05, 0) is 24.6 Å². The van der Waals surface area contributed by atoms with Crippen molar-refractivity contribution in [3.8, 4) is 11.7 Å². The van der Waals surface area contributed by atoms with E-state index >= 15 is 0 Å². The van der Waals surface area contributed by atoms with Crippen molar-refractivity contribution >= 4 is 11.9 Å². The van der Waals surface area contributed by atoms with Crippen molar-refractivity contribution in [2.24, 2.45) is 0 Å². The minimum Gasteiger partial charge on any atom is -0.479 e. The molecule has 0 aliphatic heterocycles. The maximum Gasteiger partial charge on any atom is 0.330 e. The van der Waals surface area contributed by atoms with E-state index in [2.05, 4.69) is 10.3 Å². The Morgan fingerprint density at radius 3 is 2.60 bits per heavy atom. The molecule has 0 radical (unpaired) electrons. The van der Waals surface area contributed by atoms with Crippen LogP contribution in [0.15, 0.2) is 57.6 Å². The number of carbonyl (C=O) groups excluding carboxylic acids is 1. The molecule has 0 bridgehead atoms. The van der Waals surface area contributed by atoms with E-state index in [4.69, 9.17) is 8.83 Å². The molecule has 7 heteroatoms. The number of carbonyl (C=O) groups is 2. The number of nitrogens with zero attached hydrogens (tertiary/aromatic N) is 1. The molecule has 2 N–H and O–H groups in total. The molecule has 2 aromatic heterocycles. The number of nitrogens with one attached hydrogen (secondary N) is 1. The summed E-state index contributed by atoms with van der Waals surface area (Å²) < 4.78 is 10.7. The topological polar surface area (TPSA) is 106 Å². The van der Waals surface area contributed by atoms with Crippen molar-refractivity contribution in [1.82, 2.24) is 10.3 Å². The van der Waals surface area contributed by atoms with Gasteiger partial charge in [-0.2, -0.15) is 0 Å². The van der Waals surface area contributed by atoms with Gasteiger partial charge in [-0.15, -0.1) is 0 Å². The first-order chi connectivity index (χ1) is 12.0. The second kappa shape index (κ2) is 7.04. The molecule has 1 amide bonds. The Morgan fingerprint density at radius 2 is 1.96 bits per heavy atom. The Hall–Kier alpha value is -3.35. The lowest BCUT2D eigenvalue weighted by Gasteiger charge is -2.14. The van der Waals surface area contributed by atoms with E-state index in [0.29, 0.717) is 22.8 Å². The molecule has 0 fully saturated rings. The van der Waals surface area contributed by atoms with Crippen LogP contribution in [0.5, 0.6) is 0 Å². The first-order valence-electron chi connectivity index (χ1n) is 7.62. The molecule has 0 aliphatic carbocycles. The van der Waals surface area contributed by atoms with Crippen LogP contribution in [-0.2, 0) is 16.0 Å². The highest BCUT2D eigenvalue weighted by atomic mass is 16.4. The summed E-state index contributed by atoms with van der Waals surface area (Å²) in [6.07, 6.45) is 1.41. The molecule has 1 atom stereocenters. The Labute approximate surface area is 143 Å². The predicted molar refractivity (Wildman–Crippen MR) is 87.6 cm³/mol. The van der Waals surface area contributed by atoms with E-state index in [1.54, 1.807) is 49.4 Å². The summed E-state index contributed by atoms with van der Waals surface area (Å²) in [7, 11) is 0. The lowest BCUT2D eigenvalue weighted by atomic mass is 10.1. The van der Waals surface area contributed by atoms with Crippen LogP contribution < -0.4 is 5.32 Å². The van der Waals surface area contributed by atoms with E-state index < -0.39 is 17.9 Å². The molecular weight excluding hydrogens is 324 g/mol. The van der Waals surface area contributed by atoms with E-state index in [1.807, 2.05) is 0 Å². The van der Waals surface area contributed by atoms with Crippen molar-refractivity contribution < 1.29 is 23.5 Å². The fourth-order valence-electron chi connectivity index (χ4n) is 2.39. The highest BCUT2D eigenvalue weighted by Crippen LogP contribution is 2.22. The summed E-state index contributed by atoms with van der Waals surface area (Å²) in [5, 5.41) is 11.9. The van der Waals surface area contributed by atoms with Gasteiger partial charge >= 0.3 is 5.97 Å². The van der Waals surface area contributed by atoms with Gasteiger partial charge in [-0.25, -0.2) is 9.78 Å². The Bertz CT molecular complexity index is 868. The number of aromatic nitrogens is 1. The Kier molecular flexibility index (Phi) is 4.65. The number of rotatable bonds is 6. The molecule has 3 aromatic rings. The van der Waals surface area contributed by atoms with Crippen LogP contribution in [0.2, 0.25) is 0 Å². The number of aliphatic carboxylic acids is 1. The summed E-state index contributed by atoms with van der Waals surface area (Å²) in [5.41, 5.74) is 0.928. The fraction of sp³-hybridized carbons (Fsp3) is 0.167. The molecule has 0 aliphatic rings. The smallest absolute Gasteiger partial charge is 0.330 e. The molecule has 128 valence electrons. The first kappa shape index (κ1) is 16.5. The summed E-state index contributed by atoms with van der Waals surface area (Å²) in [6.45, 7) is 1.69. The predicted octanol–water partition coefficient (Wildman–Crippen LogP) is 2.73. The minimum atomic E-state index is -1.13. The van der Waals surface area contributed by atoms with Crippen molar-refractivity contribution in [2.75, 3.05) is 0 Å². The lowest BCUT2D eigenvalue weighted by Crippen LogP contribution is -2.34. The largest absolute Gasteiger partial charge is 0.479 e. The minimum absolute atomic E-state index is 0.0906. The average Bonchev–Trinajstić information content (AvgIpc) is 3.24. The monoisotopic (exact) mass is 340 g/mol. The van der Waals surface area contributed by atoms with Gasteiger partial charge in [0, 0.05) is 0 Å². The Morgan fingerprint density at radius 1 is 1.20 bits per heavy atom. The van der Waals surface area contributed by atoms with Gasteiger partial charge in [-0.1, -0.05) is 30.3 Å². The van der Waals surface area contributed by atoms with Gasteiger partial charge in [0.2, 0.25) is 5.91 Å². The third-order valence-corrected chi connectivity index (χ3v) is 3.64. The average molecular weight is 340 g/mol. The third-order valence-electron chi connectivity index (χ3n) is 3.64. The molecule has 0 spiro atoms. The van der Waals surface area contributed by atoms with Crippen LogP contribution in [0.25, 0.3) is 11.7 Å². The molecular formula is C18H16N2O5. The second-order valence-electron chi connectivity index (χ2n) is 5.43. The second-order valence-corrected chi connectivity index (χ2v) is 5.43. The number of carboxylic acids is 1. The molecule has 2 heterocycles. The first-order valence-corrected chi connectivity index (χ1v) is 7.62. The molecule has 0 saturated carbocycles. The molecule has 0 saturated heterocycles. The van der Waals surface area contributed by atoms with E-state index in [9.17, 15) is 14.7 Å². The maximum absolute atomic E-state index is 12.3. The SMILES string of the molecule is Cc1oc(-c2ccco2)nc1CC(=O)N[C@@H](C(=O)O)c1ccccc1. The van der Waals surface area contributed by atoms with Crippen molar-refractivity contribution in [1.29, 1.82) is 0 Å². The van der Waals surface area contributed by atoms with Crippen LogP contribution in [-0.4, -0.2) is 22.0 Å².